The van der Waals surface area contributed by atoms with Crippen molar-refractivity contribution in [2.45, 2.75) is 56.8 Å². The molecule has 0 amide bonds. The summed E-state index contributed by atoms with van der Waals surface area (Å²) in [6.07, 6.45) is -0.346. The van der Waals surface area contributed by atoms with Crippen molar-refractivity contribution in [1.29, 1.82) is 0 Å². The maximum Gasteiger partial charge on any atom is 0.351 e. The largest absolute Gasteiger partial charge is 0.405 e. The zero-order valence-electron chi connectivity index (χ0n) is 23.4. The van der Waals surface area contributed by atoms with Crippen LogP contribution in [0.5, 0.6) is 0 Å². The predicted molar refractivity (Wildman–Crippen MR) is 154 cm³/mol. The van der Waals surface area contributed by atoms with Gasteiger partial charge in [-0.05, 0) is 28.4 Å². The third-order valence-electron chi connectivity index (χ3n) is 7.12. The quantitative estimate of drug-likeness (QED) is 0.251. The molecular weight excluding hydrogens is 512 g/mol. The minimum Gasteiger partial charge on any atom is -0.405 e. The van der Waals surface area contributed by atoms with Crippen molar-refractivity contribution in [3.8, 4) is 0 Å². The molecule has 4 atom stereocenters. The van der Waals surface area contributed by atoms with Gasteiger partial charge in [-0.2, -0.15) is 4.98 Å². The average Bonchev–Trinajstić information content (AvgIpc) is 3.12. The van der Waals surface area contributed by atoms with E-state index in [2.05, 4.69) is 55.0 Å². The molecular formula is C29H38N4O5Si. The normalized spacial score (nSPS) is 23.8. The summed E-state index contributed by atoms with van der Waals surface area (Å²) in [4.78, 5) is 22.7. The number of aliphatic imine (C=N–C) groups is 1. The van der Waals surface area contributed by atoms with Crippen molar-refractivity contribution >= 4 is 30.8 Å². The highest BCUT2D eigenvalue weighted by molar-refractivity contribution is 6.99. The van der Waals surface area contributed by atoms with Crippen LogP contribution in [0.3, 0.4) is 0 Å². The number of rotatable bonds is 8. The molecule has 1 aromatic heterocycles. The van der Waals surface area contributed by atoms with Gasteiger partial charge in [-0.25, -0.2) is 9.79 Å². The monoisotopic (exact) mass is 550 g/mol. The van der Waals surface area contributed by atoms with Gasteiger partial charge in [-0.15, -0.1) is 0 Å². The Balaban J connectivity index is 1.66. The highest BCUT2D eigenvalue weighted by Crippen LogP contribution is 2.40. The summed E-state index contributed by atoms with van der Waals surface area (Å²) in [5.41, 5.74) is -2.41. The van der Waals surface area contributed by atoms with Crippen LogP contribution in [0, 0.1) is 0 Å². The van der Waals surface area contributed by atoms with E-state index in [9.17, 15) is 15.0 Å². The summed E-state index contributed by atoms with van der Waals surface area (Å²) in [5, 5.41) is 24.4. The Kier molecular flexibility index (Phi) is 8.24. The molecule has 4 rings (SSSR count). The average molecular weight is 551 g/mol. The van der Waals surface area contributed by atoms with Gasteiger partial charge in [0.25, 0.3) is 8.32 Å². The number of hydrogen-bond acceptors (Lipinski definition) is 7. The Labute approximate surface area is 230 Å². The molecule has 0 bridgehead atoms. The summed E-state index contributed by atoms with van der Waals surface area (Å²) in [6.45, 7) is 7.96. The molecule has 39 heavy (non-hydrogen) atoms. The Hall–Kier alpha value is -3.15. The first-order valence-electron chi connectivity index (χ1n) is 13.0. The molecule has 2 aromatic carbocycles. The molecule has 0 radical (unpaired) electrons. The van der Waals surface area contributed by atoms with Crippen molar-refractivity contribution in [3.63, 3.8) is 0 Å². The van der Waals surface area contributed by atoms with Crippen LogP contribution >= 0.6 is 0 Å². The van der Waals surface area contributed by atoms with E-state index in [1.807, 2.05) is 50.5 Å². The number of aliphatic hydroxyl groups is 2. The smallest absolute Gasteiger partial charge is 0.351 e. The van der Waals surface area contributed by atoms with E-state index < -0.39 is 38.0 Å². The second kappa shape index (κ2) is 11.1. The van der Waals surface area contributed by atoms with Gasteiger partial charge in [0.15, 0.2) is 12.0 Å². The lowest BCUT2D eigenvalue weighted by Gasteiger charge is -2.43. The molecule has 1 saturated heterocycles. The topological polar surface area (TPSA) is 109 Å². The summed E-state index contributed by atoms with van der Waals surface area (Å²) in [6, 6.07) is 21.9. The fourth-order valence-corrected chi connectivity index (χ4v) is 9.74. The van der Waals surface area contributed by atoms with E-state index in [0.717, 1.165) is 10.4 Å². The molecule has 0 spiro atoms. The second-order valence-electron chi connectivity index (χ2n) is 11.4. The molecule has 0 aliphatic carbocycles. The first-order valence-corrected chi connectivity index (χ1v) is 14.9. The number of aliphatic hydroxyl groups excluding tert-OH is 1. The van der Waals surface area contributed by atoms with Gasteiger partial charge in [0, 0.05) is 20.3 Å². The standard InChI is InChI=1S/C29H38N4O5Si/c1-28(2,3)39(21-13-9-7-10-14-21,22-15-11-8-12-16-22)37-19-23-25(34)29(4,36)26(38-23)33-18-17-24(31-27(33)35)30-20-32(5)6/h7-18,20,23,25-26,34,36H,19H2,1-6H3/b30-20-/t23-,25?,26-,29?/m1/s1. The number of aromatic nitrogens is 2. The maximum absolute atomic E-state index is 12.9. The fourth-order valence-electron chi connectivity index (χ4n) is 5.18. The first-order chi connectivity index (χ1) is 18.4. The lowest BCUT2D eigenvalue weighted by atomic mass is 9.96. The van der Waals surface area contributed by atoms with Crippen molar-refractivity contribution < 1.29 is 19.4 Å². The summed E-state index contributed by atoms with van der Waals surface area (Å²) in [5.74, 6) is 0.231. The van der Waals surface area contributed by atoms with E-state index in [0.29, 0.717) is 0 Å². The van der Waals surface area contributed by atoms with Crippen LogP contribution in [0.1, 0.15) is 33.9 Å². The minimum absolute atomic E-state index is 0.0223. The number of benzene rings is 2. The van der Waals surface area contributed by atoms with Crippen LogP contribution in [-0.2, 0) is 9.16 Å². The van der Waals surface area contributed by atoms with Crippen molar-refractivity contribution in [1.82, 2.24) is 14.5 Å². The molecule has 10 heteroatoms. The zero-order chi connectivity index (χ0) is 28.4. The van der Waals surface area contributed by atoms with E-state index in [1.165, 1.54) is 24.0 Å². The van der Waals surface area contributed by atoms with Crippen LogP contribution in [0.15, 0.2) is 82.7 Å². The second-order valence-corrected chi connectivity index (χ2v) is 15.7. The molecule has 2 heterocycles. The fraction of sp³-hybridized carbons (Fsp3) is 0.414. The molecule has 1 fully saturated rings. The highest BCUT2D eigenvalue weighted by atomic mass is 28.4. The third-order valence-corrected chi connectivity index (χ3v) is 12.1. The van der Waals surface area contributed by atoms with E-state index in [-0.39, 0.29) is 17.5 Å². The van der Waals surface area contributed by atoms with Crippen LogP contribution in [0.25, 0.3) is 0 Å². The molecule has 9 nitrogen and oxygen atoms in total. The molecule has 2 N–H and O–H groups in total. The van der Waals surface area contributed by atoms with Crippen LogP contribution in [0.2, 0.25) is 5.04 Å². The van der Waals surface area contributed by atoms with Gasteiger partial charge in [0.1, 0.15) is 17.8 Å². The Morgan fingerprint density at radius 1 is 1.10 bits per heavy atom. The third kappa shape index (κ3) is 5.61. The number of hydrogen-bond donors (Lipinski definition) is 2. The van der Waals surface area contributed by atoms with Gasteiger partial charge in [0.2, 0.25) is 0 Å². The zero-order valence-corrected chi connectivity index (χ0v) is 24.4. The van der Waals surface area contributed by atoms with Crippen LogP contribution in [0.4, 0.5) is 5.82 Å². The van der Waals surface area contributed by atoms with Gasteiger partial charge in [-0.3, -0.25) is 4.57 Å². The molecule has 1 aliphatic heterocycles. The van der Waals surface area contributed by atoms with E-state index in [1.54, 1.807) is 11.0 Å². The van der Waals surface area contributed by atoms with Crippen molar-refractivity contribution in [2.75, 3.05) is 20.7 Å². The molecule has 2 unspecified atom stereocenters. The molecule has 3 aromatic rings. The van der Waals surface area contributed by atoms with Gasteiger partial charge < -0.3 is 24.3 Å². The van der Waals surface area contributed by atoms with Crippen molar-refractivity contribution in [2.24, 2.45) is 4.99 Å². The van der Waals surface area contributed by atoms with E-state index in [4.69, 9.17) is 9.16 Å². The van der Waals surface area contributed by atoms with Crippen molar-refractivity contribution in [3.05, 3.63) is 83.4 Å². The van der Waals surface area contributed by atoms with Gasteiger partial charge in [0.05, 0.1) is 12.9 Å². The summed E-state index contributed by atoms with van der Waals surface area (Å²) < 4.78 is 14.2. The first kappa shape index (κ1) is 28.8. The molecule has 1 aliphatic rings. The SMILES string of the molecule is CN(C)/C=N\c1ccn([C@@H]2O[C@H](CO[Si](c3ccccc3)(c3ccccc3)C(C)(C)C)C(O)C2(C)O)c(=O)n1. The summed E-state index contributed by atoms with van der Waals surface area (Å²) in [7, 11) is 0.716. The Bertz CT molecular complexity index is 1300. The van der Waals surface area contributed by atoms with Crippen LogP contribution in [-0.4, -0.2) is 77.8 Å². The lowest BCUT2D eigenvalue weighted by Crippen LogP contribution is -2.67. The summed E-state index contributed by atoms with van der Waals surface area (Å²) >= 11 is 0. The number of ether oxygens (including phenoxy) is 1. The highest BCUT2D eigenvalue weighted by Gasteiger charge is 2.56. The predicted octanol–water partition coefficient (Wildman–Crippen LogP) is 2.05. The Morgan fingerprint density at radius 2 is 1.67 bits per heavy atom. The molecule has 0 saturated carbocycles. The minimum atomic E-state index is -2.90. The molecule has 208 valence electrons. The van der Waals surface area contributed by atoms with Gasteiger partial charge >= 0.3 is 5.69 Å². The maximum atomic E-state index is 12.9. The van der Waals surface area contributed by atoms with Gasteiger partial charge in [-0.1, -0.05) is 81.4 Å². The lowest BCUT2D eigenvalue weighted by molar-refractivity contribution is -0.0984. The number of nitrogens with zero attached hydrogens (tertiary/aromatic N) is 4. The van der Waals surface area contributed by atoms with E-state index >= 15 is 0 Å². The van der Waals surface area contributed by atoms with Crippen LogP contribution < -0.4 is 16.1 Å². The Morgan fingerprint density at radius 3 is 2.15 bits per heavy atom.